The molecule has 1 aromatic carbocycles. The molecule has 1 heterocycles. The first-order chi connectivity index (χ1) is 10.6. The lowest BCUT2D eigenvalue weighted by atomic mass is 10.2. The molecule has 2 N–H and O–H groups in total. The molecule has 6 nitrogen and oxygen atoms in total. The molecule has 2 aromatic rings. The minimum Gasteiger partial charge on any atom is -0.497 e. The summed E-state index contributed by atoms with van der Waals surface area (Å²) in [5, 5.41) is 9.80. The molecule has 0 saturated carbocycles. The number of nitrogens with zero attached hydrogens (tertiary/aromatic N) is 2. The molecule has 1 atom stereocenters. The van der Waals surface area contributed by atoms with Gasteiger partial charge >= 0.3 is 0 Å². The Morgan fingerprint density at radius 2 is 2.23 bits per heavy atom. The van der Waals surface area contributed by atoms with Gasteiger partial charge in [-0.3, -0.25) is 14.5 Å². The van der Waals surface area contributed by atoms with Gasteiger partial charge in [-0.1, -0.05) is 6.08 Å². The number of nitrogens with one attached hydrogen (secondary N) is 2. The van der Waals surface area contributed by atoms with Gasteiger partial charge in [0.05, 0.1) is 13.2 Å². The Morgan fingerprint density at radius 1 is 1.55 bits per heavy atom. The number of aromatic nitrogens is 3. The van der Waals surface area contributed by atoms with Crippen LogP contribution in [0.5, 0.6) is 5.75 Å². The summed E-state index contributed by atoms with van der Waals surface area (Å²) in [7, 11) is 1.58. The van der Waals surface area contributed by atoms with Crippen LogP contribution in [0.1, 0.15) is 29.1 Å². The predicted octanol–water partition coefficient (Wildman–Crippen LogP) is 2.63. The summed E-state index contributed by atoms with van der Waals surface area (Å²) in [5.41, 5.74) is 0.553. The smallest absolute Gasteiger partial charge is 0.251 e. The van der Waals surface area contributed by atoms with Gasteiger partial charge in [-0.2, -0.15) is 5.10 Å². The minimum absolute atomic E-state index is 0.186. The lowest BCUT2D eigenvalue weighted by Crippen LogP contribution is -2.28. The number of allylic oxidation sites excluding steroid dienone is 1. The number of carbonyl (C=O) groups excluding carboxylic acids is 1. The first kappa shape index (κ1) is 16.0. The first-order valence-electron chi connectivity index (χ1n) is 6.77. The Balaban J connectivity index is 2.13. The van der Waals surface area contributed by atoms with E-state index in [4.69, 9.17) is 17.0 Å². The molecule has 0 bridgehead atoms. The number of hydrogen-bond acceptors (Lipinski definition) is 4. The number of benzene rings is 1. The van der Waals surface area contributed by atoms with Crippen LogP contribution in [0.25, 0.3) is 0 Å². The number of aromatic amines is 1. The van der Waals surface area contributed by atoms with Crippen LogP contribution < -0.4 is 10.1 Å². The monoisotopic (exact) mass is 318 g/mol. The molecular weight excluding hydrogens is 300 g/mol. The zero-order valence-corrected chi connectivity index (χ0v) is 13.3. The summed E-state index contributed by atoms with van der Waals surface area (Å²) in [5.74, 6) is 1.18. The molecule has 0 saturated heterocycles. The van der Waals surface area contributed by atoms with Crippen molar-refractivity contribution in [2.24, 2.45) is 0 Å². The summed E-state index contributed by atoms with van der Waals surface area (Å²) in [6.45, 7) is 6.08. The molecule has 2 rings (SSSR count). The lowest BCUT2D eigenvalue weighted by Gasteiger charge is -2.14. The van der Waals surface area contributed by atoms with Crippen molar-refractivity contribution in [1.29, 1.82) is 0 Å². The van der Waals surface area contributed by atoms with Crippen LogP contribution in [-0.4, -0.2) is 27.8 Å². The summed E-state index contributed by atoms with van der Waals surface area (Å²) < 4.78 is 7.37. The molecule has 22 heavy (non-hydrogen) atoms. The Bertz CT molecular complexity index is 718. The normalized spacial score (nSPS) is 11.7. The number of H-pyrrole nitrogens is 1. The van der Waals surface area contributed by atoms with E-state index in [1.807, 2.05) is 6.92 Å². The second kappa shape index (κ2) is 7.04. The molecule has 0 spiro atoms. The van der Waals surface area contributed by atoms with Crippen LogP contribution in [-0.2, 0) is 6.54 Å². The van der Waals surface area contributed by atoms with Crippen molar-refractivity contribution in [3.8, 4) is 5.75 Å². The third-order valence-electron chi connectivity index (χ3n) is 3.19. The topological polar surface area (TPSA) is 71.9 Å². The maximum Gasteiger partial charge on any atom is 0.251 e. The fraction of sp³-hybridized carbons (Fsp3) is 0.267. The largest absolute Gasteiger partial charge is 0.497 e. The highest BCUT2D eigenvalue weighted by Gasteiger charge is 2.17. The van der Waals surface area contributed by atoms with Gasteiger partial charge in [0.15, 0.2) is 10.6 Å². The van der Waals surface area contributed by atoms with Gasteiger partial charge in [-0.25, -0.2) is 0 Å². The Hall–Kier alpha value is -2.41. The molecule has 1 aromatic heterocycles. The highest BCUT2D eigenvalue weighted by atomic mass is 32.1. The molecule has 7 heteroatoms. The minimum atomic E-state index is -0.289. The second-order valence-electron chi connectivity index (χ2n) is 4.71. The van der Waals surface area contributed by atoms with Gasteiger partial charge < -0.3 is 10.1 Å². The molecule has 1 unspecified atom stereocenters. The zero-order chi connectivity index (χ0) is 16.1. The van der Waals surface area contributed by atoms with Gasteiger partial charge in [-0.05, 0) is 43.4 Å². The van der Waals surface area contributed by atoms with E-state index in [0.29, 0.717) is 28.5 Å². The number of amides is 1. The van der Waals surface area contributed by atoms with Crippen LogP contribution >= 0.6 is 12.2 Å². The van der Waals surface area contributed by atoms with Crippen LogP contribution in [0.2, 0.25) is 0 Å². The first-order valence-corrected chi connectivity index (χ1v) is 7.18. The summed E-state index contributed by atoms with van der Waals surface area (Å²) >= 11 is 5.16. The number of carbonyl (C=O) groups is 1. The zero-order valence-electron chi connectivity index (χ0n) is 12.5. The van der Waals surface area contributed by atoms with Crippen LogP contribution in [0.4, 0.5) is 0 Å². The standard InChI is InChI=1S/C15H18N4O2S/c1-4-9-19-13(17-18-15(19)22)10(2)16-14(20)11-5-7-12(21-3)8-6-11/h4-8,10H,1,9H2,2-3H3,(H,16,20)(H,18,22). The average molecular weight is 318 g/mol. The second-order valence-corrected chi connectivity index (χ2v) is 5.10. The molecule has 0 fully saturated rings. The van der Waals surface area contributed by atoms with Gasteiger partial charge in [0.2, 0.25) is 0 Å². The molecule has 0 radical (unpaired) electrons. The average Bonchev–Trinajstić information content (AvgIpc) is 2.89. The lowest BCUT2D eigenvalue weighted by molar-refractivity contribution is 0.0937. The number of hydrogen-bond donors (Lipinski definition) is 2. The molecule has 0 aliphatic rings. The molecule has 0 aliphatic heterocycles. The van der Waals surface area contributed by atoms with Crippen molar-refractivity contribution in [2.75, 3.05) is 7.11 Å². The van der Waals surface area contributed by atoms with Crippen molar-refractivity contribution < 1.29 is 9.53 Å². The fourth-order valence-corrected chi connectivity index (χ4v) is 2.27. The fourth-order valence-electron chi connectivity index (χ4n) is 2.05. The summed E-state index contributed by atoms with van der Waals surface area (Å²) in [6, 6.07) is 6.62. The molecule has 116 valence electrons. The van der Waals surface area contributed by atoms with Crippen molar-refractivity contribution in [1.82, 2.24) is 20.1 Å². The summed E-state index contributed by atoms with van der Waals surface area (Å²) in [4.78, 5) is 12.3. The maximum atomic E-state index is 12.3. The van der Waals surface area contributed by atoms with E-state index >= 15 is 0 Å². The Labute approximate surface area is 133 Å². The summed E-state index contributed by atoms with van der Waals surface area (Å²) in [6.07, 6.45) is 1.73. The van der Waals surface area contributed by atoms with Crippen molar-refractivity contribution in [3.05, 3.63) is 53.1 Å². The highest BCUT2D eigenvalue weighted by molar-refractivity contribution is 7.71. The predicted molar refractivity (Wildman–Crippen MR) is 86.5 cm³/mol. The van der Waals surface area contributed by atoms with E-state index in [0.717, 1.165) is 0 Å². The van der Waals surface area contributed by atoms with Gasteiger partial charge in [0, 0.05) is 12.1 Å². The van der Waals surface area contributed by atoms with Crippen molar-refractivity contribution >= 4 is 18.1 Å². The quantitative estimate of drug-likeness (QED) is 0.634. The van der Waals surface area contributed by atoms with Crippen molar-refractivity contribution in [2.45, 2.75) is 19.5 Å². The van der Waals surface area contributed by atoms with E-state index < -0.39 is 0 Å². The van der Waals surface area contributed by atoms with Gasteiger partial charge in [0.1, 0.15) is 5.75 Å². The molecule has 1 amide bonds. The van der Waals surface area contributed by atoms with Crippen LogP contribution in [0, 0.1) is 4.77 Å². The van der Waals surface area contributed by atoms with Crippen LogP contribution in [0.15, 0.2) is 36.9 Å². The molecule has 0 aliphatic carbocycles. The number of rotatable bonds is 6. The van der Waals surface area contributed by atoms with Crippen LogP contribution in [0.3, 0.4) is 0 Å². The maximum absolute atomic E-state index is 12.3. The van der Waals surface area contributed by atoms with E-state index in [1.165, 1.54) is 0 Å². The van der Waals surface area contributed by atoms with E-state index in [9.17, 15) is 4.79 Å². The van der Waals surface area contributed by atoms with Crippen molar-refractivity contribution in [3.63, 3.8) is 0 Å². The number of methoxy groups -OCH3 is 1. The Morgan fingerprint density at radius 3 is 2.82 bits per heavy atom. The van der Waals surface area contributed by atoms with E-state index in [2.05, 4.69) is 22.1 Å². The highest BCUT2D eigenvalue weighted by Crippen LogP contribution is 2.14. The van der Waals surface area contributed by atoms with Gasteiger partial charge in [0.25, 0.3) is 5.91 Å². The van der Waals surface area contributed by atoms with Gasteiger partial charge in [-0.15, -0.1) is 6.58 Å². The Kier molecular flexibility index (Phi) is 5.11. The third-order valence-corrected chi connectivity index (χ3v) is 3.50. The SMILES string of the molecule is C=CCn1c(C(C)NC(=O)c2ccc(OC)cc2)n[nH]c1=S. The molecular formula is C15H18N4O2S. The third kappa shape index (κ3) is 3.43. The van der Waals surface area contributed by atoms with E-state index in [-0.39, 0.29) is 11.9 Å². The van der Waals surface area contributed by atoms with E-state index in [1.54, 1.807) is 42.0 Å². The number of ether oxygens (including phenoxy) is 1.